The Labute approximate surface area is 154 Å². The van der Waals surface area contributed by atoms with Gasteiger partial charge in [0.05, 0.1) is 0 Å². The number of carboxylic acid groups (broad SMARTS) is 1. The molecule has 2 atom stereocenters. The molecule has 0 radical (unpaired) electrons. The molecule has 1 aliphatic heterocycles. The highest BCUT2D eigenvalue weighted by Crippen LogP contribution is 2.24. The fourth-order valence-corrected chi connectivity index (χ4v) is 3.00. The molecule has 2 amide bonds. The molecule has 2 unspecified atom stereocenters. The first-order chi connectivity index (χ1) is 12.1. The predicted molar refractivity (Wildman–Crippen MR) is 99.1 cm³/mol. The first-order valence-corrected chi connectivity index (χ1v) is 9.00. The highest BCUT2D eigenvalue weighted by Gasteiger charge is 2.35. The van der Waals surface area contributed by atoms with Crippen molar-refractivity contribution in [2.24, 2.45) is 11.3 Å². The van der Waals surface area contributed by atoms with Crippen molar-refractivity contribution < 1.29 is 19.5 Å². The molecule has 0 aromatic heterocycles. The van der Waals surface area contributed by atoms with Gasteiger partial charge in [0.25, 0.3) is 11.8 Å². The molecule has 1 saturated heterocycles. The van der Waals surface area contributed by atoms with Crippen molar-refractivity contribution in [3.63, 3.8) is 0 Å². The third-order valence-corrected chi connectivity index (χ3v) is 4.58. The van der Waals surface area contributed by atoms with Crippen LogP contribution in [-0.2, 0) is 4.79 Å². The maximum absolute atomic E-state index is 12.7. The molecule has 2 N–H and O–H groups in total. The lowest BCUT2D eigenvalue weighted by Gasteiger charge is -2.36. The minimum absolute atomic E-state index is 0.0111. The van der Waals surface area contributed by atoms with Crippen molar-refractivity contribution in [1.29, 1.82) is 0 Å². The van der Waals surface area contributed by atoms with Crippen LogP contribution in [0.5, 0.6) is 0 Å². The van der Waals surface area contributed by atoms with Gasteiger partial charge in [0, 0.05) is 24.2 Å². The molecule has 1 heterocycles. The zero-order valence-electron chi connectivity index (χ0n) is 15.9. The lowest BCUT2D eigenvalue weighted by atomic mass is 9.92. The minimum atomic E-state index is -0.969. The Balaban J connectivity index is 2.08. The average Bonchev–Trinajstić information content (AvgIpc) is 2.58. The van der Waals surface area contributed by atoms with Crippen LogP contribution in [-0.4, -0.2) is 46.9 Å². The van der Waals surface area contributed by atoms with Crippen molar-refractivity contribution in [3.8, 4) is 0 Å². The topological polar surface area (TPSA) is 86.7 Å². The van der Waals surface area contributed by atoms with E-state index in [-0.39, 0.29) is 23.1 Å². The summed E-state index contributed by atoms with van der Waals surface area (Å²) in [6.07, 6.45) is 1.26. The molecule has 0 aliphatic carbocycles. The largest absolute Gasteiger partial charge is 0.480 e. The lowest BCUT2D eigenvalue weighted by Crippen LogP contribution is -2.49. The number of carbonyl (C=O) groups is 3. The van der Waals surface area contributed by atoms with Crippen LogP contribution in [0.2, 0.25) is 0 Å². The van der Waals surface area contributed by atoms with E-state index >= 15 is 0 Å². The Morgan fingerprint density at radius 2 is 1.73 bits per heavy atom. The summed E-state index contributed by atoms with van der Waals surface area (Å²) in [6, 6.07) is 5.60. The summed E-state index contributed by atoms with van der Waals surface area (Å²) >= 11 is 0. The van der Waals surface area contributed by atoms with Crippen LogP contribution >= 0.6 is 0 Å². The molecule has 2 rings (SSSR count). The van der Waals surface area contributed by atoms with Gasteiger partial charge >= 0.3 is 5.97 Å². The Bertz CT molecular complexity index is 676. The van der Waals surface area contributed by atoms with Crippen LogP contribution in [0.1, 0.15) is 61.3 Å². The zero-order chi connectivity index (χ0) is 19.5. The number of carbonyl (C=O) groups excluding carboxylic acids is 2. The number of carboxylic acids is 1. The van der Waals surface area contributed by atoms with E-state index in [2.05, 4.69) is 5.32 Å². The second-order valence-electron chi connectivity index (χ2n) is 8.30. The normalized spacial score (nSPS) is 20.5. The van der Waals surface area contributed by atoms with E-state index in [1.165, 1.54) is 4.90 Å². The van der Waals surface area contributed by atoms with Gasteiger partial charge in [-0.1, -0.05) is 27.7 Å². The number of nitrogens with zero attached hydrogens (tertiary/aromatic N) is 1. The van der Waals surface area contributed by atoms with E-state index in [1.54, 1.807) is 24.3 Å². The molecule has 6 heteroatoms. The summed E-state index contributed by atoms with van der Waals surface area (Å²) in [7, 11) is 0. The summed E-state index contributed by atoms with van der Waals surface area (Å²) in [5.41, 5.74) is 0.869. The SMILES string of the molecule is CC1CCN(C(=O)c2ccc(C(=O)NCC(C)(C)C)cc2)C(C(=O)O)C1. The fourth-order valence-electron chi connectivity index (χ4n) is 3.00. The van der Waals surface area contributed by atoms with E-state index in [9.17, 15) is 19.5 Å². The molecule has 1 aliphatic rings. The predicted octanol–water partition coefficient (Wildman–Crippen LogP) is 2.79. The number of nitrogens with one attached hydrogen (secondary N) is 1. The monoisotopic (exact) mass is 360 g/mol. The van der Waals surface area contributed by atoms with Crippen LogP contribution in [0.15, 0.2) is 24.3 Å². The maximum atomic E-state index is 12.7. The van der Waals surface area contributed by atoms with Gasteiger partial charge in [-0.05, 0) is 48.4 Å². The van der Waals surface area contributed by atoms with Gasteiger partial charge in [0.2, 0.25) is 0 Å². The number of rotatable bonds is 4. The molecular formula is C20H28N2O4. The van der Waals surface area contributed by atoms with Crippen LogP contribution in [0.4, 0.5) is 0 Å². The van der Waals surface area contributed by atoms with Crippen molar-refractivity contribution in [2.45, 2.75) is 46.6 Å². The van der Waals surface area contributed by atoms with Crippen molar-refractivity contribution in [2.75, 3.05) is 13.1 Å². The molecule has 142 valence electrons. The Morgan fingerprint density at radius 1 is 1.15 bits per heavy atom. The summed E-state index contributed by atoms with van der Waals surface area (Å²) < 4.78 is 0. The van der Waals surface area contributed by atoms with Crippen LogP contribution in [0.3, 0.4) is 0 Å². The number of likely N-dealkylation sites (tertiary alicyclic amines) is 1. The summed E-state index contributed by atoms with van der Waals surface area (Å²) in [5, 5.41) is 12.3. The molecule has 0 saturated carbocycles. The van der Waals surface area contributed by atoms with Gasteiger partial charge in [-0.25, -0.2) is 4.79 Å². The Hall–Kier alpha value is -2.37. The quantitative estimate of drug-likeness (QED) is 0.864. The van der Waals surface area contributed by atoms with Crippen molar-refractivity contribution >= 4 is 17.8 Å². The molecule has 1 aromatic rings. The van der Waals surface area contributed by atoms with Crippen LogP contribution in [0, 0.1) is 11.3 Å². The second kappa shape index (κ2) is 7.89. The highest BCUT2D eigenvalue weighted by atomic mass is 16.4. The van der Waals surface area contributed by atoms with Gasteiger partial charge in [-0.2, -0.15) is 0 Å². The van der Waals surface area contributed by atoms with Gasteiger partial charge in [-0.3, -0.25) is 9.59 Å². The van der Waals surface area contributed by atoms with Gasteiger partial charge < -0.3 is 15.3 Å². The van der Waals surface area contributed by atoms with Crippen LogP contribution < -0.4 is 5.32 Å². The summed E-state index contributed by atoms with van der Waals surface area (Å²) in [5.74, 6) is -1.17. The van der Waals surface area contributed by atoms with Crippen LogP contribution in [0.25, 0.3) is 0 Å². The molecule has 1 fully saturated rings. The molecule has 1 aromatic carbocycles. The molecular weight excluding hydrogens is 332 g/mol. The van der Waals surface area contributed by atoms with E-state index in [1.807, 2.05) is 27.7 Å². The standard InChI is InChI=1S/C20H28N2O4/c1-13-9-10-22(16(11-13)19(25)26)18(24)15-7-5-14(6-8-15)17(23)21-12-20(2,3)4/h5-8,13,16H,9-12H2,1-4H3,(H,21,23)(H,25,26). The number of amides is 2. The molecule has 0 spiro atoms. The first-order valence-electron chi connectivity index (χ1n) is 9.00. The highest BCUT2D eigenvalue weighted by molar-refractivity contribution is 5.99. The lowest BCUT2D eigenvalue weighted by molar-refractivity contribution is -0.144. The smallest absolute Gasteiger partial charge is 0.326 e. The van der Waals surface area contributed by atoms with Gasteiger partial charge in [-0.15, -0.1) is 0 Å². The molecule has 26 heavy (non-hydrogen) atoms. The third-order valence-electron chi connectivity index (χ3n) is 4.58. The second-order valence-corrected chi connectivity index (χ2v) is 8.30. The van der Waals surface area contributed by atoms with Crippen molar-refractivity contribution in [3.05, 3.63) is 35.4 Å². The zero-order valence-corrected chi connectivity index (χ0v) is 15.9. The molecule has 0 bridgehead atoms. The number of hydrogen-bond acceptors (Lipinski definition) is 3. The van der Waals surface area contributed by atoms with E-state index < -0.39 is 12.0 Å². The number of aliphatic carboxylic acids is 1. The van der Waals surface area contributed by atoms with Gasteiger partial charge in [0.15, 0.2) is 0 Å². The maximum Gasteiger partial charge on any atom is 0.326 e. The summed E-state index contributed by atoms with van der Waals surface area (Å²) in [4.78, 5) is 37.8. The van der Waals surface area contributed by atoms with E-state index in [0.717, 1.165) is 6.42 Å². The number of piperidine rings is 1. The number of hydrogen-bond donors (Lipinski definition) is 2. The van der Waals surface area contributed by atoms with Crippen molar-refractivity contribution in [1.82, 2.24) is 10.2 Å². The Kier molecular flexibility index (Phi) is 6.05. The Morgan fingerprint density at radius 3 is 2.27 bits per heavy atom. The van der Waals surface area contributed by atoms with E-state index in [4.69, 9.17) is 0 Å². The average molecular weight is 360 g/mol. The molecule has 6 nitrogen and oxygen atoms in total. The first kappa shape index (κ1) is 19.9. The minimum Gasteiger partial charge on any atom is -0.480 e. The number of benzene rings is 1. The summed E-state index contributed by atoms with van der Waals surface area (Å²) in [6.45, 7) is 9.10. The third kappa shape index (κ3) is 5.07. The van der Waals surface area contributed by atoms with E-state index in [0.29, 0.717) is 30.6 Å². The van der Waals surface area contributed by atoms with Gasteiger partial charge in [0.1, 0.15) is 6.04 Å². The fraction of sp³-hybridized carbons (Fsp3) is 0.550.